The predicted molar refractivity (Wildman–Crippen MR) is 108 cm³/mol. The third-order valence-electron chi connectivity index (χ3n) is 5.62. The van der Waals surface area contributed by atoms with Crippen LogP contribution in [0.2, 0.25) is 0 Å². The number of likely N-dealkylation sites (tertiary alicyclic amines) is 1. The lowest BCUT2D eigenvalue weighted by molar-refractivity contribution is 0.272. The first-order valence-electron chi connectivity index (χ1n) is 9.56. The largest absolute Gasteiger partial charge is 0.300 e. The highest BCUT2D eigenvalue weighted by molar-refractivity contribution is 5.85. The minimum absolute atomic E-state index is 0.0145. The first-order chi connectivity index (χ1) is 12.6. The van der Waals surface area contributed by atoms with E-state index in [2.05, 4.69) is 42.2 Å². The van der Waals surface area contributed by atoms with Gasteiger partial charge >= 0.3 is 0 Å². The molecular weight excluding hydrogens is 320 g/mol. The molecule has 4 rings (SSSR count). The second-order valence-electron chi connectivity index (χ2n) is 7.56. The fourth-order valence-corrected chi connectivity index (χ4v) is 3.98. The highest BCUT2D eigenvalue weighted by Gasteiger charge is 2.19. The zero-order chi connectivity index (χ0) is 18.1. The van der Waals surface area contributed by atoms with Crippen molar-refractivity contribution in [2.24, 2.45) is 0 Å². The number of aryl methyl sites for hydroxylation is 1. The third-order valence-corrected chi connectivity index (χ3v) is 5.62. The standard InChI is InChI=1S/C23H26N2O/c1-17-9-13-25(23(26)14-17)22-8-7-20-15-19(5-6-21(20)16-22)10-12-24-11-3-4-18(24)2/h5-9,13-16,18H,3-4,10-12H2,1-2H3/t18-/m1/s1. The molecule has 0 aliphatic carbocycles. The van der Waals surface area contributed by atoms with Crippen molar-refractivity contribution in [3.8, 4) is 5.69 Å². The summed E-state index contributed by atoms with van der Waals surface area (Å²) in [4.78, 5) is 14.8. The molecule has 0 unspecified atom stereocenters. The van der Waals surface area contributed by atoms with E-state index >= 15 is 0 Å². The first-order valence-corrected chi connectivity index (χ1v) is 9.56. The monoisotopic (exact) mass is 346 g/mol. The van der Waals surface area contributed by atoms with Crippen LogP contribution in [-0.2, 0) is 6.42 Å². The summed E-state index contributed by atoms with van der Waals surface area (Å²) < 4.78 is 1.70. The maximum Gasteiger partial charge on any atom is 0.255 e. The Morgan fingerprint density at radius 3 is 2.62 bits per heavy atom. The molecule has 2 aromatic carbocycles. The van der Waals surface area contributed by atoms with Crippen molar-refractivity contribution in [1.82, 2.24) is 9.47 Å². The van der Waals surface area contributed by atoms with Crippen molar-refractivity contribution in [3.05, 3.63) is 76.2 Å². The van der Waals surface area contributed by atoms with Crippen LogP contribution in [0.4, 0.5) is 0 Å². The van der Waals surface area contributed by atoms with Gasteiger partial charge in [-0.15, -0.1) is 0 Å². The van der Waals surface area contributed by atoms with Gasteiger partial charge in [-0.2, -0.15) is 0 Å². The molecule has 1 aliphatic rings. The molecule has 0 N–H and O–H groups in total. The molecule has 0 spiro atoms. The summed E-state index contributed by atoms with van der Waals surface area (Å²) in [6.45, 7) is 6.66. The average molecular weight is 346 g/mol. The van der Waals surface area contributed by atoms with Gasteiger partial charge in [0.05, 0.1) is 0 Å². The van der Waals surface area contributed by atoms with Crippen LogP contribution in [0, 0.1) is 6.92 Å². The lowest BCUT2D eigenvalue weighted by Gasteiger charge is -2.20. The molecule has 1 aromatic heterocycles. The molecule has 1 fully saturated rings. The van der Waals surface area contributed by atoms with Crippen LogP contribution in [0.1, 0.15) is 30.9 Å². The Balaban J connectivity index is 1.57. The van der Waals surface area contributed by atoms with Gasteiger partial charge in [0.2, 0.25) is 0 Å². The third kappa shape index (κ3) is 3.45. The Morgan fingerprint density at radius 1 is 1.04 bits per heavy atom. The lowest BCUT2D eigenvalue weighted by atomic mass is 10.0. The van der Waals surface area contributed by atoms with Gasteiger partial charge in [-0.1, -0.05) is 24.3 Å². The van der Waals surface area contributed by atoms with E-state index in [0.717, 1.165) is 30.3 Å². The molecule has 0 saturated carbocycles. The van der Waals surface area contributed by atoms with Crippen molar-refractivity contribution in [3.63, 3.8) is 0 Å². The summed E-state index contributed by atoms with van der Waals surface area (Å²) >= 11 is 0. The van der Waals surface area contributed by atoms with Crippen LogP contribution in [0.25, 0.3) is 16.5 Å². The van der Waals surface area contributed by atoms with Gasteiger partial charge in [-0.3, -0.25) is 9.36 Å². The molecule has 3 nitrogen and oxygen atoms in total. The maximum absolute atomic E-state index is 12.2. The summed E-state index contributed by atoms with van der Waals surface area (Å²) in [5, 5.41) is 2.41. The number of fused-ring (bicyclic) bond motifs is 1. The van der Waals surface area contributed by atoms with E-state index in [4.69, 9.17) is 0 Å². The second-order valence-corrected chi connectivity index (χ2v) is 7.56. The summed E-state index contributed by atoms with van der Waals surface area (Å²) in [6.07, 6.45) is 5.61. The van der Waals surface area contributed by atoms with Gasteiger partial charge in [0.25, 0.3) is 5.56 Å². The SMILES string of the molecule is Cc1ccn(-c2ccc3cc(CCN4CCC[C@H]4C)ccc3c2)c(=O)c1. The van der Waals surface area contributed by atoms with Crippen molar-refractivity contribution >= 4 is 10.8 Å². The Kier molecular flexibility index (Phi) is 4.64. The smallest absolute Gasteiger partial charge is 0.255 e. The molecule has 0 radical (unpaired) electrons. The normalized spacial score (nSPS) is 17.8. The van der Waals surface area contributed by atoms with Crippen molar-refractivity contribution in [2.45, 2.75) is 39.2 Å². The number of nitrogens with zero attached hydrogens (tertiary/aromatic N) is 2. The van der Waals surface area contributed by atoms with Gasteiger partial charge in [0.15, 0.2) is 0 Å². The fourth-order valence-electron chi connectivity index (χ4n) is 3.98. The van der Waals surface area contributed by atoms with Gasteiger partial charge in [-0.05, 0) is 79.8 Å². The topological polar surface area (TPSA) is 25.2 Å². The van der Waals surface area contributed by atoms with Crippen molar-refractivity contribution < 1.29 is 0 Å². The van der Waals surface area contributed by atoms with E-state index in [1.54, 1.807) is 10.6 Å². The number of benzene rings is 2. The Bertz CT molecular complexity index is 989. The predicted octanol–water partition coefficient (Wildman–Crippen LogP) is 4.33. The van der Waals surface area contributed by atoms with Crippen LogP contribution in [0.15, 0.2) is 59.5 Å². The molecule has 1 atom stereocenters. The van der Waals surface area contributed by atoms with E-state index in [9.17, 15) is 4.79 Å². The number of pyridine rings is 1. The van der Waals surface area contributed by atoms with Crippen molar-refractivity contribution in [2.75, 3.05) is 13.1 Å². The maximum atomic E-state index is 12.2. The fraction of sp³-hybridized carbons (Fsp3) is 0.348. The molecule has 2 heterocycles. The van der Waals surface area contributed by atoms with Crippen LogP contribution in [0.3, 0.4) is 0 Å². The molecule has 26 heavy (non-hydrogen) atoms. The van der Waals surface area contributed by atoms with Crippen LogP contribution < -0.4 is 5.56 Å². The number of aromatic nitrogens is 1. The molecule has 0 amide bonds. The molecule has 1 saturated heterocycles. The minimum Gasteiger partial charge on any atom is -0.300 e. The van der Waals surface area contributed by atoms with E-state index in [-0.39, 0.29) is 5.56 Å². The van der Waals surface area contributed by atoms with Gasteiger partial charge in [0, 0.05) is 30.5 Å². The van der Waals surface area contributed by atoms with Gasteiger partial charge in [0.1, 0.15) is 0 Å². The highest BCUT2D eigenvalue weighted by atomic mass is 16.1. The van der Waals surface area contributed by atoms with E-state index in [0.29, 0.717) is 0 Å². The van der Waals surface area contributed by atoms with E-state index in [1.165, 1.54) is 35.7 Å². The zero-order valence-electron chi connectivity index (χ0n) is 15.6. The molecule has 1 aliphatic heterocycles. The second kappa shape index (κ2) is 7.08. The molecular formula is C23H26N2O. The molecule has 134 valence electrons. The molecule has 3 aromatic rings. The summed E-state index contributed by atoms with van der Waals surface area (Å²) in [5.74, 6) is 0. The zero-order valence-corrected chi connectivity index (χ0v) is 15.6. The summed E-state index contributed by atoms with van der Waals surface area (Å²) in [7, 11) is 0. The first kappa shape index (κ1) is 17.0. The van der Waals surface area contributed by atoms with Crippen LogP contribution >= 0.6 is 0 Å². The summed E-state index contributed by atoms with van der Waals surface area (Å²) in [5.41, 5.74) is 3.31. The van der Waals surface area contributed by atoms with E-state index < -0.39 is 0 Å². The molecule has 3 heteroatoms. The number of hydrogen-bond acceptors (Lipinski definition) is 2. The lowest BCUT2D eigenvalue weighted by Crippen LogP contribution is -2.28. The Labute approximate surface area is 154 Å². The number of hydrogen-bond donors (Lipinski definition) is 0. The summed E-state index contributed by atoms with van der Waals surface area (Å²) in [6, 6.07) is 17.3. The van der Waals surface area contributed by atoms with E-state index in [1.807, 2.05) is 25.3 Å². The van der Waals surface area contributed by atoms with Crippen LogP contribution in [0.5, 0.6) is 0 Å². The minimum atomic E-state index is 0.0145. The molecule has 0 bridgehead atoms. The van der Waals surface area contributed by atoms with Gasteiger partial charge in [-0.25, -0.2) is 0 Å². The Hall–Kier alpha value is -2.39. The highest BCUT2D eigenvalue weighted by Crippen LogP contribution is 2.21. The quantitative estimate of drug-likeness (QED) is 0.703. The van der Waals surface area contributed by atoms with Crippen LogP contribution in [-0.4, -0.2) is 28.6 Å². The van der Waals surface area contributed by atoms with Gasteiger partial charge < -0.3 is 4.90 Å². The Morgan fingerprint density at radius 2 is 1.85 bits per heavy atom. The average Bonchev–Trinajstić information content (AvgIpc) is 3.04. The number of rotatable bonds is 4. The van der Waals surface area contributed by atoms with Crippen molar-refractivity contribution in [1.29, 1.82) is 0 Å².